The molecule has 0 aliphatic carbocycles. The minimum atomic E-state index is -2.13. The van der Waals surface area contributed by atoms with Crippen molar-refractivity contribution in [3.63, 3.8) is 0 Å². The maximum Gasteiger partial charge on any atom is 0.416 e. The van der Waals surface area contributed by atoms with Crippen LogP contribution < -0.4 is 14.4 Å². The molecule has 0 saturated carbocycles. The molecule has 13 nitrogen and oxygen atoms in total. The van der Waals surface area contributed by atoms with Gasteiger partial charge < -0.3 is 29.3 Å². The summed E-state index contributed by atoms with van der Waals surface area (Å²) in [6.45, 7) is 3.74. The van der Waals surface area contributed by atoms with Crippen LogP contribution in [0.1, 0.15) is 16.8 Å². The third-order valence-electron chi connectivity index (χ3n) is 5.92. The molecule has 3 heterocycles. The van der Waals surface area contributed by atoms with E-state index in [1.165, 1.54) is 60.1 Å². The van der Waals surface area contributed by atoms with Crippen LogP contribution in [0.2, 0.25) is 0 Å². The number of ether oxygens (including phenoxy) is 3. The summed E-state index contributed by atoms with van der Waals surface area (Å²) in [6, 6.07) is 5.58. The fraction of sp³-hybridized carbons (Fsp3) is 0.348. The highest BCUT2D eigenvalue weighted by Crippen LogP contribution is 2.45. The number of aliphatic hydroxyl groups excluding tert-OH is 1. The van der Waals surface area contributed by atoms with E-state index < -0.39 is 28.9 Å². The third-order valence-corrected chi connectivity index (χ3v) is 8.15. The van der Waals surface area contributed by atoms with E-state index >= 15 is 0 Å². The van der Waals surface area contributed by atoms with Crippen molar-refractivity contribution in [1.29, 1.82) is 0 Å². The highest BCUT2D eigenvalue weighted by molar-refractivity contribution is 8.76. The Hall–Kier alpha value is -3.53. The van der Waals surface area contributed by atoms with Crippen LogP contribution in [0.25, 0.3) is 0 Å². The Kier molecular flexibility index (Phi) is 8.01. The Morgan fingerprint density at radius 2 is 2.03 bits per heavy atom. The maximum atomic E-state index is 13.4. The zero-order valence-corrected chi connectivity index (χ0v) is 22.0. The van der Waals surface area contributed by atoms with Gasteiger partial charge in [0, 0.05) is 30.9 Å². The van der Waals surface area contributed by atoms with E-state index in [1.54, 1.807) is 0 Å². The van der Waals surface area contributed by atoms with E-state index in [0.29, 0.717) is 16.4 Å². The minimum absolute atomic E-state index is 0.00143. The van der Waals surface area contributed by atoms with Gasteiger partial charge in [0.25, 0.3) is 11.6 Å². The van der Waals surface area contributed by atoms with Gasteiger partial charge in [0.05, 0.1) is 30.4 Å². The molecule has 1 saturated heterocycles. The molecule has 2 amide bonds. The van der Waals surface area contributed by atoms with E-state index in [9.17, 15) is 29.9 Å². The highest BCUT2D eigenvalue weighted by Gasteiger charge is 2.56. The van der Waals surface area contributed by atoms with Crippen molar-refractivity contribution in [3.05, 3.63) is 58.3 Å². The molecule has 38 heavy (non-hydrogen) atoms. The summed E-state index contributed by atoms with van der Waals surface area (Å²) in [5.41, 5.74) is -1.76. The van der Waals surface area contributed by atoms with Crippen LogP contribution >= 0.6 is 21.6 Å². The number of rotatable bonds is 8. The fourth-order valence-electron chi connectivity index (χ4n) is 4.14. The molecule has 0 unspecified atom stereocenters. The van der Waals surface area contributed by atoms with Crippen LogP contribution in [0, 0.1) is 10.1 Å². The van der Waals surface area contributed by atoms with Crippen molar-refractivity contribution in [3.8, 4) is 11.5 Å². The molecule has 1 aromatic heterocycles. The molecule has 2 aromatic rings. The Bertz CT molecular complexity index is 1280. The lowest BCUT2D eigenvalue weighted by atomic mass is 10.1. The number of nitro groups is 1. The molecule has 0 radical (unpaired) electrons. The molecule has 2 aliphatic rings. The van der Waals surface area contributed by atoms with Crippen LogP contribution in [0.15, 0.2) is 47.6 Å². The zero-order valence-electron chi connectivity index (χ0n) is 20.4. The molecule has 4 rings (SSSR count). The first-order valence-corrected chi connectivity index (χ1v) is 13.4. The number of aliphatic hydroxyl groups is 2. The van der Waals surface area contributed by atoms with Gasteiger partial charge >= 0.3 is 6.09 Å². The smallest absolute Gasteiger partial charge is 0.416 e. The van der Waals surface area contributed by atoms with Crippen LogP contribution in [0.4, 0.5) is 16.2 Å². The average molecular weight is 565 g/mol. The Labute approximate surface area is 224 Å². The van der Waals surface area contributed by atoms with Crippen molar-refractivity contribution in [2.24, 2.45) is 0 Å². The topological polar surface area (TPSA) is 165 Å². The van der Waals surface area contributed by atoms with Gasteiger partial charge in [0.15, 0.2) is 23.5 Å². The normalized spacial score (nSPS) is 20.5. The number of nitrogens with zero attached hydrogens (tertiary/aromatic N) is 4. The van der Waals surface area contributed by atoms with Gasteiger partial charge in [-0.25, -0.2) is 14.7 Å². The molecule has 2 atom stereocenters. The maximum absolute atomic E-state index is 13.4. The fourth-order valence-corrected chi connectivity index (χ4v) is 5.83. The summed E-state index contributed by atoms with van der Waals surface area (Å²) >= 11 is 0. The van der Waals surface area contributed by atoms with Gasteiger partial charge in [0.2, 0.25) is 0 Å². The molecule has 1 fully saturated rings. The largest absolute Gasteiger partial charge is 0.493 e. The summed E-state index contributed by atoms with van der Waals surface area (Å²) < 4.78 is 16.0. The second-order valence-corrected chi connectivity index (χ2v) is 10.7. The Balaban J connectivity index is 1.52. The van der Waals surface area contributed by atoms with Gasteiger partial charge in [-0.3, -0.25) is 14.9 Å². The van der Waals surface area contributed by atoms with Crippen LogP contribution in [-0.4, -0.2) is 82.1 Å². The number of fused-ring (bicyclic) bond motifs is 2. The summed E-state index contributed by atoms with van der Waals surface area (Å²) in [5, 5.41) is 33.9. The number of hydrogen-bond acceptors (Lipinski definition) is 12. The lowest BCUT2D eigenvalue weighted by molar-refractivity contribution is -0.385. The van der Waals surface area contributed by atoms with E-state index in [2.05, 4.69) is 11.6 Å². The molecule has 202 valence electrons. The Morgan fingerprint density at radius 3 is 2.66 bits per heavy atom. The van der Waals surface area contributed by atoms with Gasteiger partial charge in [-0.05, 0) is 22.9 Å². The van der Waals surface area contributed by atoms with Crippen molar-refractivity contribution < 1.29 is 38.9 Å². The SMILES string of the molecule is C=C1CN2C(=O)c3cc(OC)c(OC)cc3N(C(=O)OCCSSc3ccc([N+](=O)[O-])cn3)[C@@H](O)[C@]2(O)C1. The molecule has 2 N–H and O–H groups in total. The van der Waals surface area contributed by atoms with Crippen LogP contribution in [-0.2, 0) is 4.74 Å². The van der Waals surface area contributed by atoms with Gasteiger partial charge in [-0.1, -0.05) is 22.9 Å². The van der Waals surface area contributed by atoms with Crippen LogP contribution in [0.3, 0.4) is 0 Å². The zero-order chi connectivity index (χ0) is 27.6. The first kappa shape index (κ1) is 27.5. The lowest BCUT2D eigenvalue weighted by Crippen LogP contribution is -2.60. The van der Waals surface area contributed by atoms with E-state index in [1.807, 2.05) is 0 Å². The quantitative estimate of drug-likeness (QED) is 0.159. The molecule has 0 bridgehead atoms. The third kappa shape index (κ3) is 5.09. The number of carbonyl (C=O) groups excluding carboxylic acids is 2. The van der Waals surface area contributed by atoms with Crippen molar-refractivity contribution in [2.75, 3.05) is 38.0 Å². The molecule has 1 aromatic carbocycles. The second-order valence-electron chi connectivity index (χ2n) is 8.30. The predicted octanol–water partition coefficient (Wildman–Crippen LogP) is 2.81. The number of pyridine rings is 1. The molecular weight excluding hydrogens is 540 g/mol. The first-order valence-electron chi connectivity index (χ1n) is 11.1. The number of anilines is 1. The van der Waals surface area contributed by atoms with E-state index in [4.69, 9.17) is 14.2 Å². The van der Waals surface area contributed by atoms with Gasteiger partial charge in [0.1, 0.15) is 17.8 Å². The molecule has 0 spiro atoms. The summed E-state index contributed by atoms with van der Waals surface area (Å²) in [6.07, 6.45) is -1.85. The standard InChI is InChI=1S/C23H24N4O9S2/c1-13-10-23(31)21(29)26(16-9-18(35-3)17(34-2)8-15(16)20(28)25(23)12-13)22(30)36-6-7-37-38-19-5-4-14(11-24-19)27(32)33/h4-5,8-9,11,21,29,31H,1,6-7,10,12H2,2-3H3/t21-,23+/m0/s1. The molecular formula is C23H24N4O9S2. The van der Waals surface area contributed by atoms with Crippen molar-refractivity contribution >= 4 is 45.0 Å². The summed E-state index contributed by atoms with van der Waals surface area (Å²) in [7, 11) is 5.30. The van der Waals surface area contributed by atoms with Gasteiger partial charge in [-0.15, -0.1) is 0 Å². The summed E-state index contributed by atoms with van der Waals surface area (Å²) in [5.74, 6) is 0.104. The van der Waals surface area contributed by atoms with Crippen LogP contribution in [0.5, 0.6) is 11.5 Å². The van der Waals surface area contributed by atoms with E-state index in [0.717, 1.165) is 16.0 Å². The minimum Gasteiger partial charge on any atom is -0.493 e. The number of amides is 2. The van der Waals surface area contributed by atoms with Crippen molar-refractivity contribution in [1.82, 2.24) is 9.88 Å². The highest BCUT2D eigenvalue weighted by atomic mass is 33.1. The number of methoxy groups -OCH3 is 2. The number of aromatic nitrogens is 1. The molecule has 2 aliphatic heterocycles. The number of hydrogen-bond donors (Lipinski definition) is 2. The average Bonchev–Trinajstić information content (AvgIpc) is 3.20. The van der Waals surface area contributed by atoms with Crippen molar-refractivity contribution in [2.45, 2.75) is 23.4 Å². The number of benzene rings is 1. The Morgan fingerprint density at radius 1 is 1.32 bits per heavy atom. The summed E-state index contributed by atoms with van der Waals surface area (Å²) in [4.78, 5) is 42.8. The molecule has 15 heteroatoms. The number of carbonyl (C=O) groups is 2. The predicted molar refractivity (Wildman–Crippen MR) is 138 cm³/mol. The monoisotopic (exact) mass is 564 g/mol. The van der Waals surface area contributed by atoms with Gasteiger partial charge in [-0.2, -0.15) is 0 Å². The lowest BCUT2D eigenvalue weighted by Gasteiger charge is -2.38. The van der Waals surface area contributed by atoms with E-state index in [-0.39, 0.29) is 48.0 Å². The second kappa shape index (κ2) is 11.1. The first-order chi connectivity index (χ1) is 18.1.